The topological polar surface area (TPSA) is 58.2 Å². The molecule has 96 valence electrons. The van der Waals surface area contributed by atoms with Crippen LogP contribution in [0.15, 0.2) is 18.2 Å². The summed E-state index contributed by atoms with van der Waals surface area (Å²) in [6, 6.07) is 5.56. The Morgan fingerprint density at radius 2 is 1.88 bits per heavy atom. The summed E-state index contributed by atoms with van der Waals surface area (Å²) in [5.41, 5.74) is 2.88. The molecule has 1 aromatic rings. The first-order valence-corrected chi connectivity index (χ1v) is 7.32. The number of anilines is 1. The highest BCUT2D eigenvalue weighted by Gasteiger charge is 2.09. The Hall–Kier alpha value is -1.07. The average Bonchev–Trinajstić information content (AvgIpc) is 2.23. The molecule has 0 aliphatic rings. The van der Waals surface area contributed by atoms with Crippen molar-refractivity contribution >= 4 is 15.7 Å². The largest absolute Gasteiger partial charge is 0.320 e. The molecule has 0 spiro atoms. The molecule has 0 heterocycles. The monoisotopic (exact) mass is 256 g/mol. The van der Waals surface area contributed by atoms with Gasteiger partial charge in [0, 0.05) is 5.69 Å². The van der Waals surface area contributed by atoms with E-state index in [1.54, 1.807) is 6.07 Å². The molecular formula is C12H20N2O2S. The number of rotatable bonds is 6. The smallest absolute Gasteiger partial charge is 0.232 e. The third kappa shape index (κ3) is 4.75. The van der Waals surface area contributed by atoms with Gasteiger partial charge in [0.25, 0.3) is 0 Å². The molecule has 17 heavy (non-hydrogen) atoms. The van der Waals surface area contributed by atoms with Crippen molar-refractivity contribution in [1.82, 2.24) is 5.32 Å². The quantitative estimate of drug-likeness (QED) is 0.761. The highest BCUT2D eigenvalue weighted by atomic mass is 32.2. The highest BCUT2D eigenvalue weighted by Crippen LogP contribution is 2.15. The van der Waals surface area contributed by atoms with Gasteiger partial charge < -0.3 is 5.32 Å². The summed E-state index contributed by atoms with van der Waals surface area (Å²) in [6.07, 6.45) is 0.608. The Bertz CT molecular complexity index is 469. The zero-order valence-electron chi connectivity index (χ0n) is 10.6. The van der Waals surface area contributed by atoms with E-state index in [1.165, 1.54) is 0 Å². The lowest BCUT2D eigenvalue weighted by Crippen LogP contribution is -2.20. The summed E-state index contributed by atoms with van der Waals surface area (Å²) in [7, 11) is -1.42. The number of nitrogens with one attached hydrogen (secondary N) is 2. The molecule has 4 nitrogen and oxygen atoms in total. The lowest BCUT2D eigenvalue weighted by molar-refractivity contribution is 0.597. The number of sulfonamides is 1. The van der Waals surface area contributed by atoms with E-state index in [4.69, 9.17) is 0 Å². The minimum atomic E-state index is -3.23. The average molecular weight is 256 g/mol. The summed E-state index contributed by atoms with van der Waals surface area (Å²) in [6.45, 7) is 4.67. The van der Waals surface area contributed by atoms with Gasteiger partial charge in [-0.15, -0.1) is 0 Å². The zero-order valence-corrected chi connectivity index (χ0v) is 11.4. The maximum atomic E-state index is 11.7. The Morgan fingerprint density at radius 3 is 2.47 bits per heavy atom. The van der Waals surface area contributed by atoms with Gasteiger partial charge in [-0.1, -0.05) is 6.07 Å². The second-order valence-corrected chi connectivity index (χ2v) is 6.02. The van der Waals surface area contributed by atoms with Gasteiger partial charge in [0.1, 0.15) is 0 Å². The van der Waals surface area contributed by atoms with E-state index in [1.807, 2.05) is 33.0 Å². The van der Waals surface area contributed by atoms with Crippen LogP contribution in [0.5, 0.6) is 0 Å². The van der Waals surface area contributed by atoms with Crippen molar-refractivity contribution < 1.29 is 8.42 Å². The summed E-state index contributed by atoms with van der Waals surface area (Å²) in [5.74, 6) is 0.140. The van der Waals surface area contributed by atoms with Crippen LogP contribution in [0.2, 0.25) is 0 Å². The highest BCUT2D eigenvalue weighted by molar-refractivity contribution is 7.92. The molecule has 0 bridgehead atoms. The minimum Gasteiger partial charge on any atom is -0.320 e. The van der Waals surface area contributed by atoms with Gasteiger partial charge in [-0.2, -0.15) is 0 Å². The second kappa shape index (κ2) is 6.02. The molecule has 0 aliphatic carbocycles. The molecule has 0 fully saturated rings. The Labute approximate surface area is 103 Å². The van der Waals surface area contributed by atoms with E-state index in [2.05, 4.69) is 10.0 Å². The molecule has 2 N–H and O–H groups in total. The summed E-state index contributed by atoms with van der Waals surface area (Å²) >= 11 is 0. The van der Waals surface area contributed by atoms with Crippen LogP contribution >= 0.6 is 0 Å². The summed E-state index contributed by atoms with van der Waals surface area (Å²) in [5, 5.41) is 2.93. The Morgan fingerprint density at radius 1 is 1.18 bits per heavy atom. The van der Waals surface area contributed by atoms with Gasteiger partial charge in [-0.05, 0) is 57.1 Å². The molecule has 0 saturated carbocycles. The molecule has 1 rings (SSSR count). The van der Waals surface area contributed by atoms with Crippen molar-refractivity contribution in [2.75, 3.05) is 24.1 Å². The first-order valence-electron chi connectivity index (χ1n) is 5.67. The maximum absolute atomic E-state index is 11.7. The van der Waals surface area contributed by atoms with E-state index >= 15 is 0 Å². The van der Waals surface area contributed by atoms with E-state index in [-0.39, 0.29) is 5.75 Å². The van der Waals surface area contributed by atoms with E-state index in [0.29, 0.717) is 18.7 Å². The zero-order chi connectivity index (χ0) is 12.9. The fourth-order valence-electron chi connectivity index (χ4n) is 1.47. The van der Waals surface area contributed by atoms with Crippen molar-refractivity contribution in [3.8, 4) is 0 Å². The van der Waals surface area contributed by atoms with Crippen LogP contribution in [0.4, 0.5) is 5.69 Å². The normalized spacial score (nSPS) is 11.5. The van der Waals surface area contributed by atoms with Gasteiger partial charge in [0.15, 0.2) is 0 Å². The van der Waals surface area contributed by atoms with Gasteiger partial charge in [0.05, 0.1) is 5.75 Å². The summed E-state index contributed by atoms with van der Waals surface area (Å²) < 4.78 is 26.1. The predicted molar refractivity (Wildman–Crippen MR) is 71.9 cm³/mol. The molecule has 0 amide bonds. The SMILES string of the molecule is CNCCCS(=O)(=O)Nc1ccc(C)c(C)c1. The minimum absolute atomic E-state index is 0.140. The van der Waals surface area contributed by atoms with Crippen LogP contribution in [0.25, 0.3) is 0 Å². The van der Waals surface area contributed by atoms with E-state index < -0.39 is 10.0 Å². The van der Waals surface area contributed by atoms with E-state index in [9.17, 15) is 8.42 Å². The summed E-state index contributed by atoms with van der Waals surface area (Å²) in [4.78, 5) is 0. The van der Waals surface area contributed by atoms with Crippen molar-refractivity contribution in [2.24, 2.45) is 0 Å². The van der Waals surface area contributed by atoms with Crippen LogP contribution < -0.4 is 10.0 Å². The third-order valence-corrected chi connectivity index (χ3v) is 3.99. The lowest BCUT2D eigenvalue weighted by Gasteiger charge is -2.09. The van der Waals surface area contributed by atoms with E-state index in [0.717, 1.165) is 11.1 Å². The lowest BCUT2D eigenvalue weighted by atomic mass is 10.1. The molecule has 0 saturated heterocycles. The first kappa shape index (κ1) is 14.0. The van der Waals surface area contributed by atoms with Gasteiger partial charge in [-0.25, -0.2) is 8.42 Å². The third-order valence-electron chi connectivity index (χ3n) is 2.62. The molecule has 0 atom stereocenters. The number of aryl methyl sites for hydroxylation is 2. The van der Waals surface area contributed by atoms with Crippen molar-refractivity contribution in [3.63, 3.8) is 0 Å². The fourth-order valence-corrected chi connectivity index (χ4v) is 2.59. The first-order chi connectivity index (χ1) is 7.94. The van der Waals surface area contributed by atoms with Crippen LogP contribution in [-0.2, 0) is 10.0 Å². The van der Waals surface area contributed by atoms with Crippen molar-refractivity contribution in [3.05, 3.63) is 29.3 Å². The Kier molecular flexibility index (Phi) is 4.96. The molecule has 5 heteroatoms. The van der Waals surface area contributed by atoms with Crippen LogP contribution in [0.1, 0.15) is 17.5 Å². The fraction of sp³-hybridized carbons (Fsp3) is 0.500. The second-order valence-electron chi connectivity index (χ2n) is 4.18. The molecule has 1 aromatic carbocycles. The van der Waals surface area contributed by atoms with Gasteiger partial charge >= 0.3 is 0 Å². The van der Waals surface area contributed by atoms with Crippen molar-refractivity contribution in [2.45, 2.75) is 20.3 Å². The molecule has 0 radical (unpaired) electrons. The van der Waals surface area contributed by atoms with Crippen LogP contribution in [-0.4, -0.2) is 27.8 Å². The molecule has 0 unspecified atom stereocenters. The van der Waals surface area contributed by atoms with Crippen LogP contribution in [0, 0.1) is 13.8 Å². The molecule has 0 aliphatic heterocycles. The van der Waals surface area contributed by atoms with Crippen molar-refractivity contribution in [1.29, 1.82) is 0 Å². The Balaban J connectivity index is 2.66. The number of hydrogen-bond acceptors (Lipinski definition) is 3. The number of benzene rings is 1. The van der Waals surface area contributed by atoms with Gasteiger partial charge in [-0.3, -0.25) is 4.72 Å². The maximum Gasteiger partial charge on any atom is 0.232 e. The van der Waals surface area contributed by atoms with Crippen LogP contribution in [0.3, 0.4) is 0 Å². The molecular weight excluding hydrogens is 236 g/mol. The molecule has 0 aromatic heterocycles. The number of hydrogen-bond donors (Lipinski definition) is 2. The predicted octanol–water partition coefficient (Wildman–Crippen LogP) is 1.65. The standard InChI is InChI=1S/C12H20N2O2S/c1-10-5-6-12(9-11(10)2)14-17(15,16)8-4-7-13-3/h5-6,9,13-14H,4,7-8H2,1-3H3. The van der Waals surface area contributed by atoms with Gasteiger partial charge in [0.2, 0.25) is 10.0 Å².